The predicted molar refractivity (Wildman–Crippen MR) is 138 cm³/mol. The predicted octanol–water partition coefficient (Wildman–Crippen LogP) is 4.83. The molecule has 0 aromatic heterocycles. The summed E-state index contributed by atoms with van der Waals surface area (Å²) in [7, 11) is 0. The number of likely N-dealkylation sites (tertiary alicyclic amines) is 1. The third-order valence-electron chi connectivity index (χ3n) is 7.61. The molecule has 35 heavy (non-hydrogen) atoms. The number of ether oxygens (including phenoxy) is 1. The molecular weight excluding hydrogens is 438 g/mol. The smallest absolute Gasteiger partial charge is 0.408 e. The summed E-state index contributed by atoms with van der Waals surface area (Å²) in [5.74, 6) is -0.153. The largest absolute Gasteiger partial charge is 0.445 e. The molecule has 1 saturated heterocycles. The third kappa shape index (κ3) is 7.07. The fourth-order valence-corrected chi connectivity index (χ4v) is 5.58. The molecule has 1 aliphatic heterocycles. The number of carbonyl (C=O) groups excluding carboxylic acids is 2. The van der Waals surface area contributed by atoms with Crippen LogP contribution in [0, 0.1) is 0 Å². The van der Waals surface area contributed by atoms with E-state index in [0.29, 0.717) is 0 Å². The lowest BCUT2D eigenvalue weighted by Crippen LogP contribution is -2.57. The first-order valence-corrected chi connectivity index (χ1v) is 13.1. The molecule has 6 heteroatoms. The fraction of sp³-hybridized carbons (Fsp3) is 0.517. The van der Waals surface area contributed by atoms with Gasteiger partial charge in [-0.05, 0) is 76.1 Å². The Bertz CT molecular complexity index is 936. The van der Waals surface area contributed by atoms with Crippen molar-refractivity contribution in [2.75, 3.05) is 13.1 Å². The summed E-state index contributed by atoms with van der Waals surface area (Å²) in [6, 6.07) is 19.8. The van der Waals surface area contributed by atoms with E-state index in [1.165, 1.54) is 37.9 Å². The second-order valence-corrected chi connectivity index (χ2v) is 10.1. The first kappa shape index (κ1) is 25.2. The van der Waals surface area contributed by atoms with Crippen molar-refractivity contribution < 1.29 is 14.3 Å². The number of piperidine rings is 1. The molecule has 2 amide bonds. The Labute approximate surface area is 209 Å². The van der Waals surface area contributed by atoms with Crippen LogP contribution in [0.2, 0.25) is 0 Å². The molecule has 2 aliphatic rings. The Balaban J connectivity index is 1.27. The number of benzene rings is 2. The van der Waals surface area contributed by atoms with Gasteiger partial charge in [0.1, 0.15) is 12.6 Å². The molecule has 2 aromatic rings. The van der Waals surface area contributed by atoms with Gasteiger partial charge in [-0.25, -0.2) is 4.79 Å². The first-order chi connectivity index (χ1) is 17.0. The van der Waals surface area contributed by atoms with Gasteiger partial charge in [0.05, 0.1) is 0 Å². The van der Waals surface area contributed by atoms with Gasteiger partial charge in [-0.3, -0.25) is 9.69 Å². The molecule has 1 heterocycles. The number of hydrogen-bond donors (Lipinski definition) is 2. The highest BCUT2D eigenvalue weighted by atomic mass is 16.5. The second kappa shape index (κ2) is 12.2. The molecule has 1 atom stereocenters. The maximum Gasteiger partial charge on any atom is 0.408 e. The highest BCUT2D eigenvalue weighted by Crippen LogP contribution is 2.38. The van der Waals surface area contributed by atoms with Gasteiger partial charge in [0, 0.05) is 11.6 Å². The second-order valence-electron chi connectivity index (χ2n) is 10.1. The number of alkyl carbamates (subject to hydrolysis) is 1. The summed E-state index contributed by atoms with van der Waals surface area (Å²) in [4.78, 5) is 27.7. The van der Waals surface area contributed by atoms with Crippen molar-refractivity contribution in [1.29, 1.82) is 0 Å². The Hall–Kier alpha value is -2.86. The van der Waals surface area contributed by atoms with E-state index in [-0.39, 0.29) is 24.1 Å². The van der Waals surface area contributed by atoms with Crippen LogP contribution in [0.25, 0.3) is 0 Å². The maximum absolute atomic E-state index is 12.8. The number of carbonyl (C=O) groups is 2. The normalized spacial score (nSPS) is 23.7. The summed E-state index contributed by atoms with van der Waals surface area (Å²) in [5.41, 5.74) is 2.48. The zero-order chi connectivity index (χ0) is 24.5. The fourth-order valence-electron chi connectivity index (χ4n) is 5.58. The molecular formula is C29H39N3O3. The van der Waals surface area contributed by atoms with Crippen LogP contribution < -0.4 is 10.6 Å². The molecule has 6 nitrogen and oxygen atoms in total. The van der Waals surface area contributed by atoms with E-state index in [1.54, 1.807) is 6.92 Å². The Morgan fingerprint density at radius 1 is 0.943 bits per heavy atom. The minimum absolute atomic E-state index is 0.140. The summed E-state index contributed by atoms with van der Waals surface area (Å²) in [6.07, 6.45) is 8.45. The summed E-state index contributed by atoms with van der Waals surface area (Å²) < 4.78 is 5.25. The van der Waals surface area contributed by atoms with Gasteiger partial charge >= 0.3 is 6.09 Å². The monoisotopic (exact) mass is 477 g/mol. The number of nitrogens with zero attached hydrogens (tertiary/aromatic N) is 1. The molecule has 0 bridgehead atoms. The molecule has 2 aromatic carbocycles. The number of rotatable bonds is 8. The summed E-state index contributed by atoms with van der Waals surface area (Å²) >= 11 is 0. The lowest BCUT2D eigenvalue weighted by molar-refractivity contribution is -0.123. The Morgan fingerprint density at radius 2 is 1.54 bits per heavy atom. The van der Waals surface area contributed by atoms with Gasteiger partial charge in [-0.2, -0.15) is 0 Å². The molecule has 0 spiro atoms. The van der Waals surface area contributed by atoms with Crippen molar-refractivity contribution in [1.82, 2.24) is 15.5 Å². The van der Waals surface area contributed by atoms with Crippen LogP contribution in [0.15, 0.2) is 60.7 Å². The van der Waals surface area contributed by atoms with Crippen molar-refractivity contribution in [3.05, 3.63) is 71.8 Å². The first-order valence-electron chi connectivity index (χ1n) is 13.1. The zero-order valence-electron chi connectivity index (χ0n) is 20.9. The molecule has 0 radical (unpaired) electrons. The molecule has 1 aliphatic carbocycles. The van der Waals surface area contributed by atoms with Gasteiger partial charge in [-0.15, -0.1) is 0 Å². The van der Waals surface area contributed by atoms with Crippen molar-refractivity contribution in [2.24, 2.45) is 0 Å². The van der Waals surface area contributed by atoms with Crippen LogP contribution in [0.3, 0.4) is 0 Å². The van der Waals surface area contributed by atoms with E-state index in [4.69, 9.17) is 4.74 Å². The zero-order valence-corrected chi connectivity index (χ0v) is 20.9. The lowest BCUT2D eigenvalue weighted by Gasteiger charge is -2.50. The SMILES string of the molecule is CC(NC(=O)OCc1ccccc1)C(=O)NC1CCC(Cc2ccccc2)(N2CCCCC2)CC1. The van der Waals surface area contributed by atoms with Gasteiger partial charge < -0.3 is 15.4 Å². The average Bonchev–Trinajstić information content (AvgIpc) is 2.90. The van der Waals surface area contributed by atoms with Crippen LogP contribution in [-0.2, 0) is 22.6 Å². The Kier molecular flexibility index (Phi) is 8.80. The van der Waals surface area contributed by atoms with Crippen LogP contribution in [0.1, 0.15) is 63.0 Å². The number of nitrogens with one attached hydrogen (secondary N) is 2. The molecule has 1 saturated carbocycles. The quantitative estimate of drug-likeness (QED) is 0.572. The summed E-state index contributed by atoms with van der Waals surface area (Å²) in [6.45, 7) is 4.24. The number of hydrogen-bond acceptors (Lipinski definition) is 4. The van der Waals surface area contributed by atoms with E-state index in [2.05, 4.69) is 45.9 Å². The van der Waals surface area contributed by atoms with Crippen LogP contribution >= 0.6 is 0 Å². The molecule has 2 N–H and O–H groups in total. The van der Waals surface area contributed by atoms with E-state index >= 15 is 0 Å². The molecule has 2 fully saturated rings. The van der Waals surface area contributed by atoms with E-state index < -0.39 is 12.1 Å². The van der Waals surface area contributed by atoms with Crippen LogP contribution in [-0.4, -0.2) is 47.6 Å². The average molecular weight is 478 g/mol. The molecule has 4 rings (SSSR count). The van der Waals surface area contributed by atoms with Gasteiger partial charge in [0.15, 0.2) is 0 Å². The minimum Gasteiger partial charge on any atom is -0.445 e. The highest BCUT2D eigenvalue weighted by molar-refractivity contribution is 5.85. The Morgan fingerprint density at radius 3 is 2.17 bits per heavy atom. The maximum atomic E-state index is 12.8. The minimum atomic E-state index is -0.642. The van der Waals surface area contributed by atoms with Crippen LogP contribution in [0.5, 0.6) is 0 Å². The van der Waals surface area contributed by atoms with Crippen molar-refractivity contribution in [3.63, 3.8) is 0 Å². The summed E-state index contributed by atoms with van der Waals surface area (Å²) in [5, 5.41) is 5.83. The number of amides is 2. The highest BCUT2D eigenvalue weighted by Gasteiger charge is 2.41. The van der Waals surface area contributed by atoms with Crippen molar-refractivity contribution in [2.45, 2.75) is 82.5 Å². The van der Waals surface area contributed by atoms with E-state index in [9.17, 15) is 9.59 Å². The topological polar surface area (TPSA) is 70.7 Å². The van der Waals surface area contributed by atoms with Gasteiger partial charge in [0.2, 0.25) is 5.91 Å². The molecule has 1 unspecified atom stereocenters. The van der Waals surface area contributed by atoms with Crippen molar-refractivity contribution >= 4 is 12.0 Å². The van der Waals surface area contributed by atoms with E-state index in [1.807, 2.05) is 30.3 Å². The van der Waals surface area contributed by atoms with E-state index in [0.717, 1.165) is 37.7 Å². The van der Waals surface area contributed by atoms with Gasteiger partial charge in [-0.1, -0.05) is 67.1 Å². The van der Waals surface area contributed by atoms with Crippen LogP contribution in [0.4, 0.5) is 4.79 Å². The van der Waals surface area contributed by atoms with Gasteiger partial charge in [0.25, 0.3) is 0 Å². The standard InChI is InChI=1S/C29H39N3O3/c1-23(30-28(34)35-22-25-13-7-3-8-14-25)27(33)31-26-15-17-29(18-16-26,32-19-9-4-10-20-32)21-24-11-5-2-6-12-24/h2-3,5-8,11-14,23,26H,4,9-10,15-22H2,1H3,(H,30,34)(H,31,33). The van der Waals surface area contributed by atoms with Crippen molar-refractivity contribution in [3.8, 4) is 0 Å². The molecule has 188 valence electrons. The third-order valence-corrected chi connectivity index (χ3v) is 7.61. The lowest BCUT2D eigenvalue weighted by atomic mass is 9.73.